The van der Waals surface area contributed by atoms with Crippen molar-refractivity contribution in [2.24, 2.45) is 0 Å². The van der Waals surface area contributed by atoms with Gasteiger partial charge in [0.05, 0.1) is 21.1 Å². The monoisotopic (exact) mass is 481 g/mol. The molecule has 0 aliphatic carbocycles. The van der Waals surface area contributed by atoms with E-state index in [1.165, 1.54) is 6.07 Å². The first kappa shape index (κ1) is 22.6. The van der Waals surface area contributed by atoms with Crippen molar-refractivity contribution in [2.45, 2.75) is 6.92 Å². The number of fused-ring (bicyclic) bond motifs is 1. The number of ether oxygens (including phenoxy) is 1. The van der Waals surface area contributed by atoms with Crippen molar-refractivity contribution in [1.82, 2.24) is 0 Å². The first-order valence-corrected chi connectivity index (χ1v) is 10.6. The molecule has 0 unspecified atom stereocenters. The molecule has 3 aromatic carbocycles. The summed E-state index contributed by atoms with van der Waals surface area (Å²) in [5.74, 6) is -1.08. The standard InChI is InChI=1S/C25H17Cl2NO5/c1-14-22(30)16-9-5-10-17(24(16)33-23(14)15-7-3-2-4-8-15)25(31)32-13-20(29)28-21-18(26)11-6-12-19(21)27/h2-12H,13H2,1H3,(H,28,29). The Bertz CT molecular complexity index is 1410. The Balaban J connectivity index is 1.61. The lowest BCUT2D eigenvalue weighted by Gasteiger charge is -2.11. The molecule has 1 aromatic heterocycles. The third kappa shape index (κ3) is 4.62. The van der Waals surface area contributed by atoms with E-state index >= 15 is 0 Å². The van der Waals surface area contributed by atoms with Gasteiger partial charge in [0.2, 0.25) is 0 Å². The number of anilines is 1. The summed E-state index contributed by atoms with van der Waals surface area (Å²) in [5.41, 5.74) is 1.22. The molecule has 1 N–H and O–H groups in total. The molecule has 166 valence electrons. The smallest absolute Gasteiger partial charge is 0.342 e. The number of halogens is 2. The highest BCUT2D eigenvalue weighted by Gasteiger charge is 2.20. The maximum absolute atomic E-state index is 12.9. The fourth-order valence-electron chi connectivity index (χ4n) is 3.34. The summed E-state index contributed by atoms with van der Waals surface area (Å²) in [6.45, 7) is 1.08. The van der Waals surface area contributed by atoms with Gasteiger partial charge in [0.25, 0.3) is 5.91 Å². The number of nitrogens with one attached hydrogen (secondary N) is 1. The number of esters is 1. The van der Waals surface area contributed by atoms with Crippen molar-refractivity contribution in [1.29, 1.82) is 0 Å². The van der Waals surface area contributed by atoms with E-state index in [2.05, 4.69) is 5.32 Å². The molecule has 4 aromatic rings. The van der Waals surface area contributed by atoms with E-state index in [1.807, 2.05) is 30.3 Å². The highest BCUT2D eigenvalue weighted by molar-refractivity contribution is 6.39. The van der Waals surface area contributed by atoms with E-state index < -0.39 is 18.5 Å². The van der Waals surface area contributed by atoms with E-state index in [0.29, 0.717) is 16.9 Å². The van der Waals surface area contributed by atoms with Gasteiger partial charge in [-0.25, -0.2) is 4.79 Å². The number of hydrogen-bond acceptors (Lipinski definition) is 5. The van der Waals surface area contributed by atoms with Crippen LogP contribution in [-0.2, 0) is 9.53 Å². The molecule has 0 saturated heterocycles. The van der Waals surface area contributed by atoms with Crippen LogP contribution < -0.4 is 10.7 Å². The van der Waals surface area contributed by atoms with Gasteiger partial charge < -0.3 is 14.5 Å². The summed E-state index contributed by atoms with van der Waals surface area (Å²) in [4.78, 5) is 38.0. The Morgan fingerprint density at radius 2 is 1.61 bits per heavy atom. The molecule has 0 fully saturated rings. The lowest BCUT2D eigenvalue weighted by atomic mass is 10.0. The minimum Gasteiger partial charge on any atom is -0.455 e. The van der Waals surface area contributed by atoms with Gasteiger partial charge >= 0.3 is 5.97 Å². The number of amides is 1. The van der Waals surface area contributed by atoms with Crippen LogP contribution in [0, 0.1) is 6.92 Å². The molecule has 0 saturated carbocycles. The van der Waals surface area contributed by atoms with Crippen LogP contribution in [0.2, 0.25) is 10.0 Å². The first-order chi connectivity index (χ1) is 15.9. The Kier molecular flexibility index (Phi) is 6.49. The highest BCUT2D eigenvalue weighted by atomic mass is 35.5. The summed E-state index contributed by atoms with van der Waals surface area (Å²) < 4.78 is 11.2. The van der Waals surface area contributed by atoms with Crippen molar-refractivity contribution in [3.8, 4) is 11.3 Å². The molecule has 0 aliphatic rings. The average Bonchev–Trinajstić information content (AvgIpc) is 2.82. The van der Waals surface area contributed by atoms with Crippen LogP contribution in [0.3, 0.4) is 0 Å². The Morgan fingerprint density at radius 3 is 2.30 bits per heavy atom. The second-order valence-electron chi connectivity index (χ2n) is 7.15. The minimum atomic E-state index is -0.813. The molecule has 0 aliphatic heterocycles. The van der Waals surface area contributed by atoms with Gasteiger partial charge in [-0.3, -0.25) is 9.59 Å². The quantitative estimate of drug-likeness (QED) is 0.360. The molecule has 6 nitrogen and oxygen atoms in total. The molecule has 33 heavy (non-hydrogen) atoms. The lowest BCUT2D eigenvalue weighted by molar-refractivity contribution is -0.119. The molecule has 1 heterocycles. The van der Waals surface area contributed by atoms with E-state index in [0.717, 1.165) is 0 Å². The third-order valence-corrected chi connectivity index (χ3v) is 5.59. The van der Waals surface area contributed by atoms with Crippen LogP contribution in [0.25, 0.3) is 22.3 Å². The average molecular weight is 482 g/mol. The van der Waals surface area contributed by atoms with Gasteiger partial charge in [-0.2, -0.15) is 0 Å². The molecule has 1 amide bonds. The highest BCUT2D eigenvalue weighted by Crippen LogP contribution is 2.30. The molecule has 0 atom stereocenters. The van der Waals surface area contributed by atoms with E-state index in [-0.39, 0.29) is 37.7 Å². The maximum atomic E-state index is 12.9. The van der Waals surface area contributed by atoms with Crippen LogP contribution in [0.5, 0.6) is 0 Å². The molecular weight excluding hydrogens is 465 g/mol. The number of benzene rings is 3. The predicted octanol–water partition coefficient (Wildman–Crippen LogP) is 5.87. The second-order valence-corrected chi connectivity index (χ2v) is 7.97. The normalized spacial score (nSPS) is 10.8. The molecule has 0 bridgehead atoms. The third-order valence-electron chi connectivity index (χ3n) is 4.96. The van der Waals surface area contributed by atoms with Crippen LogP contribution in [-0.4, -0.2) is 18.5 Å². The van der Waals surface area contributed by atoms with E-state index in [9.17, 15) is 14.4 Å². The Labute approximate surface area is 198 Å². The van der Waals surface area contributed by atoms with Gasteiger partial charge in [-0.1, -0.05) is 65.7 Å². The van der Waals surface area contributed by atoms with Crippen LogP contribution >= 0.6 is 23.2 Å². The molecule has 8 heteroatoms. The largest absolute Gasteiger partial charge is 0.455 e. The Morgan fingerprint density at radius 1 is 0.939 bits per heavy atom. The zero-order valence-corrected chi connectivity index (χ0v) is 18.9. The SMILES string of the molecule is Cc1c(-c2ccccc2)oc2c(C(=O)OCC(=O)Nc3c(Cl)cccc3Cl)cccc2c1=O. The summed E-state index contributed by atoms with van der Waals surface area (Å²) in [6, 6.07) is 18.5. The van der Waals surface area contributed by atoms with Gasteiger partial charge in [0.1, 0.15) is 11.3 Å². The summed E-state index contributed by atoms with van der Waals surface area (Å²) in [6.07, 6.45) is 0. The number of hydrogen-bond donors (Lipinski definition) is 1. The molecule has 0 spiro atoms. The number of para-hydroxylation sites is 2. The van der Waals surface area contributed by atoms with Crippen molar-refractivity contribution >= 4 is 51.7 Å². The van der Waals surface area contributed by atoms with Crippen molar-refractivity contribution in [3.63, 3.8) is 0 Å². The first-order valence-electron chi connectivity index (χ1n) is 9.89. The number of carbonyl (C=O) groups is 2. The molecular formula is C25H17Cl2NO5. The number of carbonyl (C=O) groups excluding carboxylic acids is 2. The van der Waals surface area contributed by atoms with Gasteiger partial charge in [0, 0.05) is 11.1 Å². The lowest BCUT2D eigenvalue weighted by Crippen LogP contribution is -2.21. The predicted molar refractivity (Wildman–Crippen MR) is 128 cm³/mol. The van der Waals surface area contributed by atoms with Crippen molar-refractivity contribution < 1.29 is 18.7 Å². The second kappa shape index (κ2) is 9.48. The van der Waals surface area contributed by atoms with Crippen molar-refractivity contribution in [3.05, 3.63) is 98.1 Å². The Hall–Kier alpha value is -3.61. The summed E-state index contributed by atoms with van der Waals surface area (Å²) >= 11 is 12.1. The van der Waals surface area contributed by atoms with Crippen LogP contribution in [0.1, 0.15) is 15.9 Å². The minimum absolute atomic E-state index is 0.0327. The molecule has 0 radical (unpaired) electrons. The fraction of sp³-hybridized carbons (Fsp3) is 0.0800. The van der Waals surface area contributed by atoms with Crippen LogP contribution in [0.4, 0.5) is 5.69 Å². The van der Waals surface area contributed by atoms with Crippen molar-refractivity contribution in [2.75, 3.05) is 11.9 Å². The van der Waals surface area contributed by atoms with E-state index in [4.69, 9.17) is 32.4 Å². The topological polar surface area (TPSA) is 85.6 Å². The zero-order valence-electron chi connectivity index (χ0n) is 17.4. The van der Waals surface area contributed by atoms with Gasteiger partial charge in [-0.15, -0.1) is 0 Å². The van der Waals surface area contributed by atoms with Gasteiger partial charge in [0.15, 0.2) is 17.6 Å². The zero-order chi connectivity index (χ0) is 23.5. The maximum Gasteiger partial charge on any atom is 0.342 e. The van der Waals surface area contributed by atoms with Gasteiger partial charge in [-0.05, 0) is 31.2 Å². The number of rotatable bonds is 5. The summed E-state index contributed by atoms with van der Waals surface area (Å²) in [7, 11) is 0. The molecule has 4 rings (SSSR count). The summed E-state index contributed by atoms with van der Waals surface area (Å²) in [5, 5.41) is 3.26. The fourth-order valence-corrected chi connectivity index (χ4v) is 3.83. The van der Waals surface area contributed by atoms with Crippen LogP contribution in [0.15, 0.2) is 75.9 Å². The van der Waals surface area contributed by atoms with E-state index in [1.54, 1.807) is 37.3 Å².